The second kappa shape index (κ2) is 5.89. The molecule has 3 aromatic heterocycles. The quantitative estimate of drug-likeness (QED) is 0.548. The Balaban J connectivity index is 1.87. The minimum Gasteiger partial charge on any atom is -0.339 e. The molecule has 0 aliphatic heterocycles. The molecule has 0 amide bonds. The predicted molar refractivity (Wildman–Crippen MR) is 97.6 cm³/mol. The molecular weight excluding hydrogens is 302 g/mol. The van der Waals surface area contributed by atoms with Crippen molar-refractivity contribution in [2.45, 2.75) is 13.3 Å². The Morgan fingerprint density at radius 1 is 1.00 bits per heavy atom. The fraction of sp³-hybridized carbons (Fsp3) is 0.105. The summed E-state index contributed by atoms with van der Waals surface area (Å²) in [6, 6.07) is 20.7. The summed E-state index contributed by atoms with van der Waals surface area (Å²) in [5.41, 5.74) is 3.02. The number of thiophene rings is 1. The molecule has 0 spiro atoms. The van der Waals surface area contributed by atoms with Gasteiger partial charge in [0.15, 0.2) is 0 Å². The first-order valence-corrected chi connectivity index (χ1v) is 8.55. The van der Waals surface area contributed by atoms with Crippen LogP contribution in [0.3, 0.4) is 0 Å². The highest BCUT2D eigenvalue weighted by atomic mass is 32.1. The number of aromatic nitrogens is 2. The van der Waals surface area contributed by atoms with Crippen molar-refractivity contribution < 1.29 is 0 Å². The number of hydrogen-bond acceptors (Lipinski definition) is 3. The van der Waals surface area contributed by atoms with Crippen LogP contribution in [0.4, 0.5) is 11.5 Å². The highest BCUT2D eigenvalue weighted by molar-refractivity contribution is 7.15. The van der Waals surface area contributed by atoms with Gasteiger partial charge >= 0.3 is 0 Å². The second-order valence-corrected chi connectivity index (χ2v) is 6.52. The topological polar surface area (TPSA) is 29.3 Å². The number of pyridine rings is 1. The number of anilines is 2. The molecule has 23 heavy (non-hydrogen) atoms. The van der Waals surface area contributed by atoms with Gasteiger partial charge in [-0.1, -0.05) is 31.2 Å². The van der Waals surface area contributed by atoms with Gasteiger partial charge in [0.1, 0.15) is 17.2 Å². The highest BCUT2D eigenvalue weighted by Crippen LogP contribution is 2.35. The molecule has 0 saturated carbocycles. The maximum absolute atomic E-state index is 4.84. The molecule has 0 fully saturated rings. The molecular formula is C19H17N3S. The molecule has 0 aliphatic carbocycles. The summed E-state index contributed by atoms with van der Waals surface area (Å²) in [6.45, 7) is 2.18. The Kier molecular flexibility index (Phi) is 3.60. The summed E-state index contributed by atoms with van der Waals surface area (Å²) in [5, 5.41) is 3.53. The lowest BCUT2D eigenvalue weighted by atomic mass is 10.3. The molecule has 4 rings (SSSR count). The van der Waals surface area contributed by atoms with Crippen LogP contribution in [-0.4, -0.2) is 9.38 Å². The van der Waals surface area contributed by atoms with Gasteiger partial charge in [0.05, 0.1) is 4.88 Å². The van der Waals surface area contributed by atoms with Gasteiger partial charge in [0.25, 0.3) is 0 Å². The smallest absolute Gasteiger partial charge is 0.144 e. The third-order valence-corrected chi connectivity index (χ3v) is 5.05. The largest absolute Gasteiger partial charge is 0.339 e. The van der Waals surface area contributed by atoms with Gasteiger partial charge in [-0.05, 0) is 42.8 Å². The van der Waals surface area contributed by atoms with Crippen molar-refractivity contribution in [3.8, 4) is 10.6 Å². The van der Waals surface area contributed by atoms with Gasteiger partial charge in [-0.2, -0.15) is 0 Å². The number of para-hydroxylation sites is 1. The van der Waals surface area contributed by atoms with Crippen LogP contribution >= 0.6 is 11.3 Å². The lowest BCUT2D eigenvalue weighted by Gasteiger charge is -2.07. The normalized spacial score (nSPS) is 11.0. The standard InChI is InChI=1S/C19H17N3S/c1-2-15-11-12-16(23-15)18-19(20-14-8-4-3-5-9-14)22-13-7-6-10-17(22)21-18/h3-13,20H,2H2,1H3. The van der Waals surface area contributed by atoms with Crippen molar-refractivity contribution in [3.05, 3.63) is 71.7 Å². The lowest BCUT2D eigenvalue weighted by molar-refractivity contribution is 1.18. The van der Waals surface area contributed by atoms with Crippen LogP contribution in [-0.2, 0) is 6.42 Å². The summed E-state index contributed by atoms with van der Waals surface area (Å²) in [4.78, 5) is 7.41. The number of rotatable bonds is 4. The van der Waals surface area contributed by atoms with E-state index in [2.05, 4.69) is 40.9 Å². The molecule has 1 aromatic carbocycles. The van der Waals surface area contributed by atoms with Crippen LogP contribution in [0.1, 0.15) is 11.8 Å². The SMILES string of the molecule is CCc1ccc(-c2nc3ccccn3c2Nc2ccccc2)s1. The van der Waals surface area contributed by atoms with Crippen molar-refractivity contribution in [1.82, 2.24) is 9.38 Å². The number of nitrogens with zero attached hydrogens (tertiary/aromatic N) is 2. The number of hydrogen-bond donors (Lipinski definition) is 1. The average molecular weight is 319 g/mol. The zero-order chi connectivity index (χ0) is 15.6. The fourth-order valence-electron chi connectivity index (χ4n) is 2.64. The molecule has 0 aliphatic rings. The van der Waals surface area contributed by atoms with E-state index in [1.54, 1.807) is 0 Å². The van der Waals surface area contributed by atoms with Gasteiger partial charge in [0.2, 0.25) is 0 Å². The molecule has 1 N–H and O–H groups in total. The van der Waals surface area contributed by atoms with Crippen LogP contribution in [0.25, 0.3) is 16.2 Å². The van der Waals surface area contributed by atoms with Crippen LogP contribution in [0, 0.1) is 0 Å². The van der Waals surface area contributed by atoms with Crippen LogP contribution in [0.5, 0.6) is 0 Å². The molecule has 4 heteroatoms. The van der Waals surface area contributed by atoms with Gasteiger partial charge in [-0.15, -0.1) is 11.3 Å². The van der Waals surface area contributed by atoms with Gasteiger partial charge in [-0.3, -0.25) is 4.40 Å². The van der Waals surface area contributed by atoms with E-state index >= 15 is 0 Å². The van der Waals surface area contributed by atoms with Gasteiger partial charge < -0.3 is 5.32 Å². The van der Waals surface area contributed by atoms with Crippen molar-refractivity contribution in [3.63, 3.8) is 0 Å². The number of aryl methyl sites for hydroxylation is 1. The van der Waals surface area contributed by atoms with Crippen LogP contribution in [0.15, 0.2) is 66.9 Å². The Morgan fingerprint density at radius 2 is 1.83 bits per heavy atom. The summed E-state index contributed by atoms with van der Waals surface area (Å²) in [7, 11) is 0. The first kappa shape index (κ1) is 14.0. The fourth-order valence-corrected chi connectivity index (χ4v) is 3.58. The zero-order valence-corrected chi connectivity index (χ0v) is 13.7. The van der Waals surface area contributed by atoms with Crippen molar-refractivity contribution in [2.75, 3.05) is 5.32 Å². The number of nitrogens with one attached hydrogen (secondary N) is 1. The minimum absolute atomic E-state index is 0.951. The van der Waals surface area contributed by atoms with Gasteiger partial charge in [0, 0.05) is 16.8 Å². The highest BCUT2D eigenvalue weighted by Gasteiger charge is 2.15. The van der Waals surface area contributed by atoms with Crippen LogP contribution < -0.4 is 5.32 Å². The van der Waals surface area contributed by atoms with Crippen LogP contribution in [0.2, 0.25) is 0 Å². The van der Waals surface area contributed by atoms with E-state index in [-0.39, 0.29) is 0 Å². The molecule has 3 nitrogen and oxygen atoms in total. The van der Waals surface area contributed by atoms with E-state index in [0.717, 1.165) is 29.3 Å². The number of benzene rings is 1. The van der Waals surface area contributed by atoms with Gasteiger partial charge in [-0.25, -0.2) is 4.98 Å². The molecule has 0 radical (unpaired) electrons. The molecule has 114 valence electrons. The Bertz CT molecular complexity index is 938. The van der Waals surface area contributed by atoms with Crippen molar-refractivity contribution >= 4 is 28.5 Å². The third-order valence-electron chi connectivity index (χ3n) is 3.81. The summed E-state index contributed by atoms with van der Waals surface area (Å²) >= 11 is 1.81. The molecule has 0 unspecified atom stereocenters. The maximum atomic E-state index is 4.84. The van der Waals surface area contributed by atoms with E-state index in [1.807, 2.05) is 53.9 Å². The van der Waals surface area contributed by atoms with E-state index in [9.17, 15) is 0 Å². The van der Waals surface area contributed by atoms with E-state index < -0.39 is 0 Å². The lowest BCUT2D eigenvalue weighted by Crippen LogP contribution is -1.96. The molecule has 0 bridgehead atoms. The summed E-state index contributed by atoms with van der Waals surface area (Å²) in [6.07, 6.45) is 3.10. The van der Waals surface area contributed by atoms with Crippen molar-refractivity contribution in [1.29, 1.82) is 0 Å². The monoisotopic (exact) mass is 319 g/mol. The number of fused-ring (bicyclic) bond motifs is 1. The Hall–Kier alpha value is -2.59. The van der Waals surface area contributed by atoms with E-state index in [4.69, 9.17) is 4.98 Å². The molecule has 0 saturated heterocycles. The second-order valence-electron chi connectivity index (χ2n) is 5.35. The van der Waals surface area contributed by atoms with E-state index in [1.165, 1.54) is 9.75 Å². The Labute approximate surface area is 139 Å². The first-order valence-electron chi connectivity index (χ1n) is 7.73. The van der Waals surface area contributed by atoms with E-state index in [0.29, 0.717) is 0 Å². The Morgan fingerprint density at radius 3 is 2.61 bits per heavy atom. The third kappa shape index (κ3) is 2.62. The predicted octanol–water partition coefficient (Wildman–Crippen LogP) is 5.37. The average Bonchev–Trinajstić information content (AvgIpc) is 3.21. The number of imidazole rings is 1. The molecule has 0 atom stereocenters. The molecule has 3 heterocycles. The summed E-state index contributed by atoms with van der Waals surface area (Å²) < 4.78 is 2.10. The first-order chi connectivity index (χ1) is 11.3. The molecule has 4 aromatic rings. The maximum Gasteiger partial charge on any atom is 0.144 e. The summed E-state index contributed by atoms with van der Waals surface area (Å²) in [5.74, 6) is 1.01. The zero-order valence-electron chi connectivity index (χ0n) is 12.9. The minimum atomic E-state index is 0.951. The van der Waals surface area contributed by atoms with Crippen molar-refractivity contribution in [2.24, 2.45) is 0 Å².